The summed E-state index contributed by atoms with van der Waals surface area (Å²) in [7, 11) is 0. The van der Waals surface area contributed by atoms with Crippen molar-refractivity contribution in [2.24, 2.45) is 5.73 Å². The van der Waals surface area contributed by atoms with E-state index in [2.05, 4.69) is 0 Å². The first-order valence-electron chi connectivity index (χ1n) is 4.22. The molecule has 1 atom stereocenters. The van der Waals surface area contributed by atoms with Gasteiger partial charge in [0.15, 0.2) is 5.41 Å². The highest BCUT2D eigenvalue weighted by Gasteiger charge is 2.56. The van der Waals surface area contributed by atoms with Crippen molar-refractivity contribution in [2.75, 3.05) is 0 Å². The van der Waals surface area contributed by atoms with Gasteiger partial charge in [-0.2, -0.15) is 13.2 Å². The summed E-state index contributed by atoms with van der Waals surface area (Å²) in [6, 6.07) is 6.91. The molecule has 0 saturated heterocycles. The van der Waals surface area contributed by atoms with Crippen LogP contribution in [0.3, 0.4) is 0 Å². The molecular weight excluding hydrogens is 243 g/mol. The molecule has 1 unspecified atom stereocenters. The van der Waals surface area contributed by atoms with E-state index in [1.807, 2.05) is 0 Å². The van der Waals surface area contributed by atoms with Crippen LogP contribution in [-0.2, 0) is 10.2 Å². The second-order valence-electron chi connectivity index (χ2n) is 3.35. The van der Waals surface area contributed by atoms with Gasteiger partial charge in [0.2, 0.25) is 5.91 Å². The van der Waals surface area contributed by atoms with Crippen LogP contribution in [0.1, 0.15) is 12.5 Å². The van der Waals surface area contributed by atoms with Crippen molar-refractivity contribution in [1.82, 2.24) is 0 Å². The van der Waals surface area contributed by atoms with E-state index in [1.165, 1.54) is 24.3 Å². The Morgan fingerprint density at radius 1 is 1.19 bits per heavy atom. The molecule has 0 saturated carbocycles. The molecule has 0 bridgehead atoms. The number of benzene rings is 1. The summed E-state index contributed by atoms with van der Waals surface area (Å²) in [4.78, 5) is 11.0. The molecule has 2 nitrogen and oxygen atoms in total. The van der Waals surface area contributed by atoms with E-state index in [9.17, 15) is 18.0 Å². The summed E-state index contributed by atoms with van der Waals surface area (Å²) in [6.45, 7) is 0.782. The van der Waals surface area contributed by atoms with Gasteiger partial charge in [-0.25, -0.2) is 0 Å². The molecule has 6 heteroatoms. The van der Waals surface area contributed by atoms with Gasteiger partial charge in [-0.15, -0.1) is 12.4 Å². The van der Waals surface area contributed by atoms with E-state index in [4.69, 9.17) is 5.73 Å². The second-order valence-corrected chi connectivity index (χ2v) is 3.35. The molecule has 0 aliphatic carbocycles. The molecule has 0 aliphatic rings. The molecule has 0 heterocycles. The molecule has 0 aliphatic heterocycles. The normalized spacial score (nSPS) is 14.8. The summed E-state index contributed by atoms with van der Waals surface area (Å²) in [5, 5.41) is 0. The van der Waals surface area contributed by atoms with Gasteiger partial charge in [-0.3, -0.25) is 4.79 Å². The Balaban J connectivity index is 0.00000225. The first-order chi connectivity index (χ1) is 6.80. The molecule has 1 aromatic carbocycles. The van der Waals surface area contributed by atoms with E-state index in [0.717, 1.165) is 6.92 Å². The van der Waals surface area contributed by atoms with E-state index < -0.39 is 17.5 Å². The maximum Gasteiger partial charge on any atom is 0.406 e. The van der Waals surface area contributed by atoms with Gasteiger partial charge < -0.3 is 5.73 Å². The highest BCUT2D eigenvalue weighted by atomic mass is 35.5. The summed E-state index contributed by atoms with van der Waals surface area (Å²) in [5.41, 5.74) is 2.05. The van der Waals surface area contributed by atoms with E-state index >= 15 is 0 Å². The lowest BCUT2D eigenvalue weighted by Gasteiger charge is -2.28. The molecule has 0 aromatic heterocycles. The van der Waals surface area contributed by atoms with Gasteiger partial charge in [-0.05, 0) is 12.5 Å². The van der Waals surface area contributed by atoms with Crippen LogP contribution in [-0.4, -0.2) is 12.1 Å². The lowest BCUT2D eigenvalue weighted by Crippen LogP contribution is -2.50. The van der Waals surface area contributed by atoms with Crippen LogP contribution >= 0.6 is 12.4 Å². The molecule has 0 radical (unpaired) electrons. The highest BCUT2D eigenvalue weighted by Crippen LogP contribution is 2.40. The van der Waals surface area contributed by atoms with Gasteiger partial charge >= 0.3 is 6.18 Å². The van der Waals surface area contributed by atoms with Crippen molar-refractivity contribution in [3.05, 3.63) is 35.9 Å². The lowest BCUT2D eigenvalue weighted by molar-refractivity contribution is -0.189. The monoisotopic (exact) mass is 253 g/mol. The number of carbonyl (C=O) groups excluding carboxylic acids is 1. The number of rotatable bonds is 2. The Morgan fingerprint density at radius 3 is 1.94 bits per heavy atom. The molecule has 1 aromatic rings. The molecule has 2 N–H and O–H groups in total. The molecule has 1 amide bonds. The fourth-order valence-electron chi connectivity index (χ4n) is 1.22. The third-order valence-corrected chi connectivity index (χ3v) is 2.41. The zero-order chi connectivity index (χ0) is 11.7. The second kappa shape index (κ2) is 4.74. The van der Waals surface area contributed by atoms with E-state index in [0.29, 0.717) is 0 Å². The number of primary amides is 1. The van der Waals surface area contributed by atoms with Crippen LogP contribution in [0.2, 0.25) is 0 Å². The van der Waals surface area contributed by atoms with Crippen LogP contribution in [0.15, 0.2) is 30.3 Å². The number of alkyl halides is 3. The van der Waals surface area contributed by atoms with Crippen molar-refractivity contribution in [2.45, 2.75) is 18.5 Å². The van der Waals surface area contributed by atoms with Gasteiger partial charge in [0, 0.05) is 0 Å². The first-order valence-corrected chi connectivity index (χ1v) is 4.22. The number of hydrogen-bond acceptors (Lipinski definition) is 1. The Hall–Kier alpha value is -1.23. The van der Waals surface area contributed by atoms with Crippen LogP contribution in [0.25, 0.3) is 0 Å². The van der Waals surface area contributed by atoms with E-state index in [-0.39, 0.29) is 18.0 Å². The van der Waals surface area contributed by atoms with Crippen LogP contribution in [0.5, 0.6) is 0 Å². The van der Waals surface area contributed by atoms with Crippen LogP contribution in [0, 0.1) is 0 Å². The predicted octanol–water partition coefficient (Wildman–Crippen LogP) is 2.41. The highest BCUT2D eigenvalue weighted by molar-refractivity contribution is 5.87. The average Bonchev–Trinajstić information content (AvgIpc) is 2.16. The van der Waals surface area contributed by atoms with Gasteiger partial charge in [0.05, 0.1) is 0 Å². The third kappa shape index (κ3) is 2.29. The maximum absolute atomic E-state index is 12.7. The van der Waals surface area contributed by atoms with Crippen molar-refractivity contribution < 1.29 is 18.0 Å². The summed E-state index contributed by atoms with van der Waals surface area (Å²) < 4.78 is 38.2. The molecule has 0 fully saturated rings. The molecule has 90 valence electrons. The van der Waals surface area contributed by atoms with Gasteiger partial charge in [-0.1, -0.05) is 30.3 Å². The molecule has 16 heavy (non-hydrogen) atoms. The fourth-order valence-corrected chi connectivity index (χ4v) is 1.22. The Kier molecular flexibility index (Phi) is 4.37. The number of nitrogens with two attached hydrogens (primary N) is 1. The zero-order valence-electron chi connectivity index (χ0n) is 8.41. The molecule has 1 rings (SSSR count). The van der Waals surface area contributed by atoms with Crippen LogP contribution in [0.4, 0.5) is 13.2 Å². The maximum atomic E-state index is 12.7. The largest absolute Gasteiger partial charge is 0.406 e. The summed E-state index contributed by atoms with van der Waals surface area (Å²) in [6.07, 6.45) is -4.69. The SMILES string of the molecule is CC(C(N)=O)(c1ccccc1)C(F)(F)F.Cl. The summed E-state index contributed by atoms with van der Waals surface area (Å²) >= 11 is 0. The Labute approximate surface area is 97.0 Å². The van der Waals surface area contributed by atoms with E-state index in [1.54, 1.807) is 6.07 Å². The minimum absolute atomic E-state index is 0. The van der Waals surface area contributed by atoms with Crippen molar-refractivity contribution in [3.8, 4) is 0 Å². The first kappa shape index (κ1) is 14.8. The number of amides is 1. The Morgan fingerprint density at radius 2 is 1.62 bits per heavy atom. The van der Waals surface area contributed by atoms with Crippen LogP contribution < -0.4 is 5.73 Å². The molecular formula is C10H11ClF3NO. The van der Waals surface area contributed by atoms with Gasteiger partial charge in [0.1, 0.15) is 0 Å². The minimum Gasteiger partial charge on any atom is -0.369 e. The quantitative estimate of drug-likeness (QED) is 0.864. The zero-order valence-corrected chi connectivity index (χ0v) is 9.23. The number of hydrogen-bond donors (Lipinski definition) is 1. The van der Waals surface area contributed by atoms with Crippen molar-refractivity contribution in [3.63, 3.8) is 0 Å². The Bertz CT molecular complexity index is 366. The minimum atomic E-state index is -4.69. The lowest BCUT2D eigenvalue weighted by atomic mass is 9.81. The average molecular weight is 254 g/mol. The molecule has 0 spiro atoms. The smallest absolute Gasteiger partial charge is 0.369 e. The predicted molar refractivity (Wildman–Crippen MR) is 56.3 cm³/mol. The third-order valence-electron chi connectivity index (χ3n) is 2.41. The van der Waals surface area contributed by atoms with Crippen molar-refractivity contribution >= 4 is 18.3 Å². The number of halogens is 4. The standard InChI is InChI=1S/C10H10F3NO.ClH/c1-9(8(14)15,10(11,12)13)7-5-3-2-4-6-7;/h2-6H,1H3,(H2,14,15);1H. The summed E-state index contributed by atoms with van der Waals surface area (Å²) in [5.74, 6) is -1.40. The van der Waals surface area contributed by atoms with Gasteiger partial charge in [0.25, 0.3) is 0 Å². The number of carbonyl (C=O) groups is 1. The fraction of sp³-hybridized carbons (Fsp3) is 0.300. The van der Waals surface area contributed by atoms with Crippen molar-refractivity contribution in [1.29, 1.82) is 0 Å². The topological polar surface area (TPSA) is 43.1 Å².